The fourth-order valence-electron chi connectivity index (χ4n) is 3.90. The quantitative estimate of drug-likeness (QED) is 0.372. The van der Waals surface area contributed by atoms with Crippen molar-refractivity contribution < 1.29 is 23.6 Å². The Bertz CT molecular complexity index is 1430. The van der Waals surface area contributed by atoms with E-state index < -0.39 is 17.5 Å². The number of thiazole rings is 1. The van der Waals surface area contributed by atoms with E-state index in [0.717, 1.165) is 27.7 Å². The van der Waals surface area contributed by atoms with E-state index in [9.17, 15) is 9.59 Å². The molecule has 0 unspecified atom stereocenters. The summed E-state index contributed by atoms with van der Waals surface area (Å²) in [5, 5.41) is 20.5. The van der Waals surface area contributed by atoms with E-state index in [1.54, 1.807) is 13.1 Å². The highest BCUT2D eigenvalue weighted by Crippen LogP contribution is 2.40. The molecule has 0 radical (unpaired) electrons. The maximum absolute atomic E-state index is 15.2. The van der Waals surface area contributed by atoms with Crippen molar-refractivity contribution in [2.75, 3.05) is 10.6 Å². The van der Waals surface area contributed by atoms with Crippen molar-refractivity contribution in [2.24, 2.45) is 0 Å². The Labute approximate surface area is 196 Å². The Hall–Kier alpha value is -3.93. The van der Waals surface area contributed by atoms with Crippen LogP contribution < -0.4 is 10.6 Å². The fraction of sp³-hybridized carbons (Fsp3) is 0.273. The van der Waals surface area contributed by atoms with Gasteiger partial charge in [-0.2, -0.15) is 4.98 Å². The number of aryl methyl sites for hydroxylation is 2. The van der Waals surface area contributed by atoms with Gasteiger partial charge in [-0.05, 0) is 24.4 Å². The number of halogens is 1. The Balaban J connectivity index is 1.29. The molecule has 1 amide bonds. The van der Waals surface area contributed by atoms with Crippen LogP contribution in [0.3, 0.4) is 0 Å². The van der Waals surface area contributed by atoms with Gasteiger partial charge in [-0.25, -0.2) is 19.2 Å². The van der Waals surface area contributed by atoms with Gasteiger partial charge < -0.3 is 14.9 Å². The normalized spacial score (nSPS) is 19.6. The molecule has 1 aromatic carbocycles. The molecule has 5 rings (SSSR count). The van der Waals surface area contributed by atoms with Crippen LogP contribution in [0.5, 0.6) is 0 Å². The molecule has 10 nitrogen and oxygen atoms in total. The first-order chi connectivity index (χ1) is 16.2. The number of hydrogen-bond donors (Lipinski definition) is 3. The van der Waals surface area contributed by atoms with Gasteiger partial charge in [0.1, 0.15) is 10.7 Å². The second-order valence-corrected chi connectivity index (χ2v) is 9.14. The first-order valence-electron chi connectivity index (χ1n) is 10.4. The zero-order valence-electron chi connectivity index (χ0n) is 18.1. The maximum Gasteiger partial charge on any atom is 0.347 e. The number of nitrogens with one attached hydrogen (secondary N) is 2. The zero-order valence-corrected chi connectivity index (χ0v) is 18.9. The van der Waals surface area contributed by atoms with Gasteiger partial charge in [-0.15, -0.1) is 0 Å². The molecule has 1 fully saturated rings. The molecule has 0 atom stereocenters. The predicted molar refractivity (Wildman–Crippen MR) is 123 cm³/mol. The molecule has 3 N–H and O–H groups in total. The molecule has 0 aliphatic heterocycles. The highest BCUT2D eigenvalue weighted by molar-refractivity contribution is 7.17. The number of benzene rings is 1. The molecule has 1 aliphatic carbocycles. The number of alkyl halides is 1. The number of pyridine rings is 1. The van der Waals surface area contributed by atoms with E-state index in [1.807, 2.05) is 24.3 Å². The number of fused-ring (bicyclic) bond motifs is 1. The zero-order chi connectivity index (χ0) is 24.0. The lowest BCUT2D eigenvalue weighted by Gasteiger charge is -2.40. The van der Waals surface area contributed by atoms with Gasteiger partial charge in [0.15, 0.2) is 10.8 Å². The third-order valence-electron chi connectivity index (χ3n) is 5.65. The van der Waals surface area contributed by atoms with Gasteiger partial charge in [-0.1, -0.05) is 28.6 Å². The number of aromatic nitrogens is 4. The van der Waals surface area contributed by atoms with Crippen LogP contribution in [0.2, 0.25) is 0 Å². The van der Waals surface area contributed by atoms with E-state index in [2.05, 4.69) is 30.7 Å². The van der Waals surface area contributed by atoms with Crippen LogP contribution in [-0.4, -0.2) is 48.8 Å². The number of carbonyl (C=O) groups is 2. The standard InChI is InChI=1S/C22H19FN6O4S/c1-10-16(19(30)31)34-21(25-10)28-20(32)22(23)8-14(9-22)27-18-15-7-13(17-26-11(2)33-29-17)4-3-12(15)5-6-24-18/h3-7,14H,8-9H2,1-2H3,(H,24,27)(H,30,31)(H,25,28,32)/t14-,22+. The topological polar surface area (TPSA) is 143 Å². The van der Waals surface area contributed by atoms with Crippen LogP contribution in [0.15, 0.2) is 35.0 Å². The summed E-state index contributed by atoms with van der Waals surface area (Å²) in [6.45, 7) is 3.23. The van der Waals surface area contributed by atoms with Gasteiger partial charge in [0.25, 0.3) is 5.91 Å². The van der Waals surface area contributed by atoms with Crippen molar-refractivity contribution in [3.05, 3.63) is 46.9 Å². The molecular weight excluding hydrogens is 463 g/mol. The van der Waals surface area contributed by atoms with Crippen LogP contribution in [0.1, 0.15) is 34.1 Å². The lowest BCUT2D eigenvalue weighted by Crippen LogP contribution is -2.54. The summed E-state index contributed by atoms with van der Waals surface area (Å²) in [6, 6.07) is 7.23. The molecule has 4 aromatic rings. The van der Waals surface area contributed by atoms with E-state index in [0.29, 0.717) is 17.5 Å². The van der Waals surface area contributed by atoms with Crippen molar-refractivity contribution in [1.82, 2.24) is 20.1 Å². The number of carboxylic acid groups (broad SMARTS) is 1. The molecule has 34 heavy (non-hydrogen) atoms. The number of nitrogens with zero attached hydrogens (tertiary/aromatic N) is 4. The second-order valence-electron chi connectivity index (χ2n) is 8.14. The monoisotopic (exact) mass is 482 g/mol. The summed E-state index contributed by atoms with van der Waals surface area (Å²) in [7, 11) is 0. The minimum absolute atomic E-state index is 0.00809. The van der Waals surface area contributed by atoms with E-state index in [-0.39, 0.29) is 34.6 Å². The number of rotatable bonds is 6. The van der Waals surface area contributed by atoms with Crippen molar-refractivity contribution in [3.8, 4) is 11.4 Å². The Morgan fingerprint density at radius 2 is 2.03 bits per heavy atom. The van der Waals surface area contributed by atoms with Crippen LogP contribution in [-0.2, 0) is 4.79 Å². The van der Waals surface area contributed by atoms with Gasteiger partial charge in [-0.3, -0.25) is 10.1 Å². The molecule has 0 saturated heterocycles. The van der Waals surface area contributed by atoms with Crippen LogP contribution >= 0.6 is 11.3 Å². The molecule has 1 saturated carbocycles. The van der Waals surface area contributed by atoms with Crippen molar-refractivity contribution in [1.29, 1.82) is 0 Å². The summed E-state index contributed by atoms with van der Waals surface area (Å²) >= 11 is 0.801. The fourth-order valence-corrected chi connectivity index (χ4v) is 4.70. The summed E-state index contributed by atoms with van der Waals surface area (Å²) in [6.07, 6.45) is 1.54. The second kappa shape index (κ2) is 8.13. The minimum atomic E-state index is -2.08. The number of carbonyl (C=O) groups excluding carboxylic acids is 1. The van der Waals surface area contributed by atoms with Gasteiger partial charge in [0, 0.05) is 43.0 Å². The molecule has 0 spiro atoms. The first kappa shape index (κ1) is 21.9. The van der Waals surface area contributed by atoms with E-state index >= 15 is 4.39 Å². The van der Waals surface area contributed by atoms with Gasteiger partial charge >= 0.3 is 5.97 Å². The third-order valence-corrected chi connectivity index (χ3v) is 6.71. The molecule has 0 bridgehead atoms. The van der Waals surface area contributed by atoms with Crippen molar-refractivity contribution in [2.45, 2.75) is 38.4 Å². The highest BCUT2D eigenvalue weighted by atomic mass is 32.1. The SMILES string of the molecule is Cc1nc(-c2ccc3ccnc(N[C@H]4C[C@](F)(C(=O)Nc5nc(C)c(C(=O)O)s5)C4)c3c2)no1. The number of amides is 1. The van der Waals surface area contributed by atoms with Crippen LogP contribution in [0.4, 0.5) is 15.3 Å². The maximum atomic E-state index is 15.2. The largest absolute Gasteiger partial charge is 0.477 e. The third kappa shape index (κ3) is 3.96. The average molecular weight is 482 g/mol. The predicted octanol–water partition coefficient (Wildman–Crippen LogP) is 3.98. The number of anilines is 2. The minimum Gasteiger partial charge on any atom is -0.477 e. The molecule has 3 aromatic heterocycles. The molecule has 1 aliphatic rings. The summed E-state index contributed by atoms with van der Waals surface area (Å²) in [5.41, 5.74) is -1.06. The van der Waals surface area contributed by atoms with Crippen molar-refractivity contribution >= 4 is 44.9 Å². The lowest BCUT2D eigenvalue weighted by atomic mass is 9.76. The molecule has 3 heterocycles. The molecular formula is C22H19FN6O4S. The van der Waals surface area contributed by atoms with Gasteiger partial charge in [0.2, 0.25) is 11.7 Å². The number of carboxylic acids is 1. The van der Waals surface area contributed by atoms with Crippen molar-refractivity contribution in [3.63, 3.8) is 0 Å². The number of aromatic carboxylic acids is 1. The Morgan fingerprint density at radius 3 is 2.71 bits per heavy atom. The Kier molecular flexibility index (Phi) is 5.24. The smallest absolute Gasteiger partial charge is 0.347 e. The molecule has 174 valence electrons. The average Bonchev–Trinajstić information content (AvgIpc) is 3.37. The molecule has 12 heteroatoms. The van der Waals surface area contributed by atoms with E-state index in [4.69, 9.17) is 9.63 Å². The van der Waals surface area contributed by atoms with Gasteiger partial charge in [0.05, 0.1) is 5.69 Å². The lowest BCUT2D eigenvalue weighted by molar-refractivity contribution is -0.133. The summed E-state index contributed by atoms with van der Waals surface area (Å²) in [4.78, 5) is 36.3. The first-order valence-corrected chi connectivity index (χ1v) is 11.2. The summed E-state index contributed by atoms with van der Waals surface area (Å²) in [5.74, 6) is -0.497. The summed E-state index contributed by atoms with van der Waals surface area (Å²) < 4.78 is 20.2. The highest BCUT2D eigenvalue weighted by Gasteiger charge is 2.51. The van der Waals surface area contributed by atoms with Crippen LogP contribution in [0, 0.1) is 13.8 Å². The number of hydrogen-bond acceptors (Lipinski definition) is 9. The van der Waals surface area contributed by atoms with Crippen LogP contribution in [0.25, 0.3) is 22.2 Å². The van der Waals surface area contributed by atoms with E-state index in [1.165, 1.54) is 6.92 Å². The Morgan fingerprint density at radius 1 is 1.24 bits per heavy atom.